The number of hydrogen-bond acceptors (Lipinski definition) is 7. The molecule has 5 heterocycles. The van der Waals surface area contributed by atoms with Crippen molar-refractivity contribution in [3.8, 4) is 0 Å². The number of amides is 3. The fourth-order valence-electron chi connectivity index (χ4n) is 7.11. The molecule has 15 heteroatoms. The topological polar surface area (TPSA) is 83.5 Å². The van der Waals surface area contributed by atoms with Gasteiger partial charge < -0.3 is 14.7 Å². The molecular weight excluding hydrogens is 625 g/mol. The van der Waals surface area contributed by atoms with Gasteiger partial charge in [0.15, 0.2) is 5.82 Å². The largest absolute Gasteiger partial charge is 0.416 e. The Morgan fingerprint density at radius 1 is 1.02 bits per heavy atom. The monoisotopic (exact) mass is 661 g/mol. The number of likely N-dealkylation sites (tertiary alicyclic amines) is 1. The van der Waals surface area contributed by atoms with Crippen molar-refractivity contribution in [2.24, 2.45) is 5.92 Å². The molecule has 6 rings (SSSR count). The highest BCUT2D eigenvalue weighted by molar-refractivity contribution is 6.10. The van der Waals surface area contributed by atoms with Crippen LogP contribution in [0.3, 0.4) is 0 Å². The third-order valence-electron chi connectivity index (χ3n) is 9.63. The van der Waals surface area contributed by atoms with Gasteiger partial charge in [0.1, 0.15) is 17.7 Å². The van der Waals surface area contributed by atoms with E-state index in [1.54, 1.807) is 9.80 Å². The van der Waals surface area contributed by atoms with Crippen molar-refractivity contribution in [3.63, 3.8) is 0 Å². The second-order valence-electron chi connectivity index (χ2n) is 12.6. The summed E-state index contributed by atoms with van der Waals surface area (Å²) in [7, 11) is 1.34. The first-order chi connectivity index (χ1) is 22.2. The predicted molar refractivity (Wildman–Crippen MR) is 164 cm³/mol. The van der Waals surface area contributed by atoms with Gasteiger partial charge in [0.05, 0.1) is 16.9 Å². The van der Waals surface area contributed by atoms with Gasteiger partial charge >= 0.3 is 6.18 Å². The number of aryl methyl sites for hydroxylation is 1. The highest BCUT2D eigenvalue weighted by atomic mass is 19.4. The van der Waals surface area contributed by atoms with Crippen LogP contribution in [0.2, 0.25) is 0 Å². The van der Waals surface area contributed by atoms with E-state index in [0.29, 0.717) is 26.2 Å². The van der Waals surface area contributed by atoms with Crippen LogP contribution in [0.4, 0.5) is 39.1 Å². The van der Waals surface area contributed by atoms with Gasteiger partial charge in [-0.3, -0.25) is 29.1 Å². The van der Waals surface area contributed by atoms with E-state index >= 15 is 4.39 Å². The van der Waals surface area contributed by atoms with Crippen LogP contribution in [0.15, 0.2) is 36.9 Å². The molecular formula is C32H36F5N7O3. The normalized spacial score (nSPS) is 23.0. The Balaban J connectivity index is 1.23. The Morgan fingerprint density at radius 2 is 1.72 bits per heavy atom. The van der Waals surface area contributed by atoms with E-state index in [1.165, 1.54) is 20.0 Å². The molecule has 2 atom stereocenters. The zero-order valence-corrected chi connectivity index (χ0v) is 26.1. The Kier molecular flexibility index (Phi) is 8.72. The van der Waals surface area contributed by atoms with Crippen molar-refractivity contribution in [1.29, 1.82) is 0 Å². The van der Waals surface area contributed by atoms with E-state index in [0.717, 1.165) is 60.2 Å². The van der Waals surface area contributed by atoms with Gasteiger partial charge in [-0.2, -0.15) is 13.2 Å². The number of pyridine rings is 1. The summed E-state index contributed by atoms with van der Waals surface area (Å²) < 4.78 is 71.2. The molecule has 4 aliphatic rings. The summed E-state index contributed by atoms with van der Waals surface area (Å²) in [6.07, 6.45) is -3.56. The third kappa shape index (κ3) is 6.30. The fourth-order valence-corrected chi connectivity index (χ4v) is 7.11. The van der Waals surface area contributed by atoms with E-state index < -0.39 is 47.1 Å². The van der Waals surface area contributed by atoms with Gasteiger partial charge in [0, 0.05) is 96.1 Å². The molecule has 3 fully saturated rings. The number of alkyl halides is 3. The first kappa shape index (κ1) is 32.8. The number of piperazine rings is 1. The SMILES string of the molecule is C=CC(=O)N1CC(N2CCN(CCN3C[C@H]4CC(=O)N(c5cc(C(F)(F)F)cc(C)n5)[C@@H]4C(=O)N(C)c4cc(F)cc(F)c43)CC2)C1. The first-order valence-electron chi connectivity index (χ1n) is 15.5. The van der Waals surface area contributed by atoms with Gasteiger partial charge in [-0.25, -0.2) is 13.8 Å². The lowest BCUT2D eigenvalue weighted by molar-refractivity contribution is -0.137. The van der Waals surface area contributed by atoms with Gasteiger partial charge in [-0.1, -0.05) is 6.58 Å². The van der Waals surface area contributed by atoms with Crippen LogP contribution >= 0.6 is 0 Å². The number of halogens is 5. The molecule has 0 unspecified atom stereocenters. The lowest BCUT2D eigenvalue weighted by Crippen LogP contribution is -2.64. The summed E-state index contributed by atoms with van der Waals surface area (Å²) in [5, 5.41) is 0. The zero-order valence-electron chi connectivity index (χ0n) is 26.1. The molecule has 0 aliphatic carbocycles. The van der Waals surface area contributed by atoms with E-state index in [9.17, 15) is 31.9 Å². The summed E-state index contributed by atoms with van der Waals surface area (Å²) in [5.74, 6) is -4.09. The molecule has 3 amide bonds. The molecule has 0 spiro atoms. The number of anilines is 3. The highest BCUT2D eigenvalue weighted by Gasteiger charge is 2.49. The van der Waals surface area contributed by atoms with Crippen molar-refractivity contribution in [3.05, 3.63) is 59.8 Å². The van der Waals surface area contributed by atoms with Crippen molar-refractivity contribution < 1.29 is 36.3 Å². The van der Waals surface area contributed by atoms with Gasteiger partial charge in [0.2, 0.25) is 17.7 Å². The number of carbonyl (C=O) groups excluding carboxylic acids is 3. The van der Waals surface area contributed by atoms with E-state index in [1.807, 2.05) is 0 Å². The summed E-state index contributed by atoms with van der Waals surface area (Å²) in [6, 6.07) is 2.47. The van der Waals surface area contributed by atoms with E-state index in [-0.39, 0.29) is 47.8 Å². The lowest BCUT2D eigenvalue weighted by atomic mass is 9.95. The van der Waals surface area contributed by atoms with Crippen LogP contribution in [-0.2, 0) is 20.6 Å². The lowest BCUT2D eigenvalue weighted by Gasteiger charge is -2.48. The van der Waals surface area contributed by atoms with Crippen molar-refractivity contribution in [2.75, 3.05) is 80.7 Å². The number of hydrogen-bond donors (Lipinski definition) is 0. The Morgan fingerprint density at radius 3 is 2.38 bits per heavy atom. The van der Waals surface area contributed by atoms with Gasteiger partial charge in [0.25, 0.3) is 0 Å². The summed E-state index contributed by atoms with van der Waals surface area (Å²) in [6.45, 7) is 10.1. The minimum atomic E-state index is -4.70. The molecule has 1 aromatic heterocycles. The van der Waals surface area contributed by atoms with Crippen LogP contribution in [0.1, 0.15) is 17.7 Å². The molecule has 3 saturated heterocycles. The molecule has 1 aromatic carbocycles. The molecule has 0 radical (unpaired) electrons. The summed E-state index contributed by atoms with van der Waals surface area (Å²) in [4.78, 5) is 53.5. The molecule has 0 N–H and O–H groups in total. The average Bonchev–Trinajstić information content (AvgIpc) is 3.31. The molecule has 0 bridgehead atoms. The van der Waals surface area contributed by atoms with E-state index in [2.05, 4.69) is 21.4 Å². The maximum absolute atomic E-state index is 15.6. The van der Waals surface area contributed by atoms with Crippen LogP contribution in [0.5, 0.6) is 0 Å². The van der Waals surface area contributed by atoms with Crippen molar-refractivity contribution >= 4 is 34.9 Å². The Hall–Kier alpha value is -4.11. The minimum absolute atomic E-state index is 0.0221. The van der Waals surface area contributed by atoms with Gasteiger partial charge in [-0.15, -0.1) is 0 Å². The second-order valence-corrected chi connectivity index (χ2v) is 12.6. The Bertz CT molecular complexity index is 1590. The van der Waals surface area contributed by atoms with Crippen LogP contribution in [-0.4, -0.2) is 115 Å². The molecule has 4 aliphatic heterocycles. The third-order valence-corrected chi connectivity index (χ3v) is 9.63. The molecule has 10 nitrogen and oxygen atoms in total. The Labute approximate surface area is 269 Å². The number of nitrogens with zero attached hydrogens (tertiary/aromatic N) is 7. The maximum atomic E-state index is 15.6. The molecule has 252 valence electrons. The van der Waals surface area contributed by atoms with Crippen molar-refractivity contribution in [2.45, 2.75) is 31.6 Å². The zero-order chi connectivity index (χ0) is 33.8. The highest BCUT2D eigenvalue weighted by Crippen LogP contribution is 2.41. The minimum Gasteiger partial charge on any atom is -0.366 e. The smallest absolute Gasteiger partial charge is 0.366 e. The number of rotatable bonds is 6. The number of fused-ring (bicyclic) bond motifs is 2. The number of likely N-dealkylation sites (N-methyl/N-ethyl adjacent to an activating group) is 1. The molecule has 47 heavy (non-hydrogen) atoms. The predicted octanol–water partition coefficient (Wildman–Crippen LogP) is 2.91. The number of aromatic nitrogens is 1. The number of benzene rings is 1. The van der Waals surface area contributed by atoms with E-state index in [4.69, 9.17) is 0 Å². The van der Waals surface area contributed by atoms with Crippen LogP contribution in [0, 0.1) is 24.5 Å². The average molecular weight is 662 g/mol. The molecule has 0 saturated carbocycles. The molecule has 2 aromatic rings. The standard InChI is InChI=1S/C32H36F5N7O3/c1-4-27(45)43-17-23(18-43)41-8-5-40(6-9-41)7-10-42-16-20-12-28(46)44(26-13-21(32(35,36)37)11-19(2)38-26)29(20)31(47)39(3)25-15-22(33)14-24(34)30(25)42/h4,11,13-15,20,23,29H,1,5-10,12,16-18H2,2-3H3/t20-,29+/m1/s1. The quantitative estimate of drug-likeness (QED) is 0.348. The number of carbonyl (C=O) groups is 3. The maximum Gasteiger partial charge on any atom is 0.416 e. The summed E-state index contributed by atoms with van der Waals surface area (Å²) in [5.41, 5.74) is -0.987. The van der Waals surface area contributed by atoms with Gasteiger partial charge in [-0.05, 0) is 31.2 Å². The fraction of sp³-hybridized carbons (Fsp3) is 0.500. The summed E-state index contributed by atoms with van der Waals surface area (Å²) >= 11 is 0. The van der Waals surface area contributed by atoms with Crippen LogP contribution < -0.4 is 14.7 Å². The van der Waals surface area contributed by atoms with Crippen molar-refractivity contribution in [1.82, 2.24) is 19.7 Å². The van der Waals surface area contributed by atoms with Crippen LogP contribution in [0.25, 0.3) is 0 Å². The second kappa shape index (κ2) is 12.5. The first-order valence-corrected chi connectivity index (χ1v) is 15.5.